The number of benzene rings is 1. The molecule has 3 heterocycles. The minimum absolute atomic E-state index is 0.0136. The highest BCUT2D eigenvalue weighted by Gasteiger charge is 2.30. The van der Waals surface area contributed by atoms with Gasteiger partial charge in [-0.2, -0.15) is 0 Å². The normalized spacial score (nSPS) is 22.2. The molecule has 4 rings (SSSR count). The maximum Gasteiger partial charge on any atom is 0.223 e. The number of hydrogen-bond acceptors (Lipinski definition) is 4. The zero-order valence-electron chi connectivity index (χ0n) is 14.8. The minimum Gasteiger partial charge on any atom is -0.495 e. The van der Waals surface area contributed by atoms with E-state index in [1.807, 2.05) is 30.6 Å². The van der Waals surface area contributed by atoms with Crippen molar-refractivity contribution in [2.24, 2.45) is 5.92 Å². The van der Waals surface area contributed by atoms with E-state index in [0.29, 0.717) is 5.02 Å². The average molecular weight is 375 g/mol. The molecule has 1 aromatic heterocycles. The van der Waals surface area contributed by atoms with E-state index in [2.05, 4.69) is 19.8 Å². The quantitative estimate of drug-likeness (QED) is 0.893. The fourth-order valence-electron chi connectivity index (χ4n) is 3.90. The molecule has 2 unspecified atom stereocenters. The largest absolute Gasteiger partial charge is 0.495 e. The Hall–Kier alpha value is -2.21. The molecule has 0 spiro atoms. The summed E-state index contributed by atoms with van der Waals surface area (Å²) in [5.41, 5.74) is 0.983. The van der Waals surface area contributed by atoms with Crippen LogP contribution in [-0.2, 0) is 17.8 Å². The molecule has 26 heavy (non-hydrogen) atoms. The highest BCUT2D eigenvalue weighted by atomic mass is 35.5. The van der Waals surface area contributed by atoms with Gasteiger partial charge in [0.2, 0.25) is 5.91 Å². The summed E-state index contributed by atoms with van der Waals surface area (Å²) < 4.78 is 7.58. The molecule has 2 aliphatic rings. The molecule has 0 bridgehead atoms. The molecular weight excluding hydrogens is 352 g/mol. The van der Waals surface area contributed by atoms with Crippen LogP contribution in [0.5, 0.6) is 5.75 Å². The second-order valence-electron chi connectivity index (χ2n) is 6.98. The van der Waals surface area contributed by atoms with Crippen molar-refractivity contribution in [2.45, 2.75) is 31.8 Å². The lowest BCUT2D eigenvalue weighted by Gasteiger charge is -2.25. The second kappa shape index (κ2) is 7.19. The van der Waals surface area contributed by atoms with E-state index in [1.54, 1.807) is 7.11 Å². The highest BCUT2D eigenvalue weighted by Crippen LogP contribution is 2.33. The fourth-order valence-corrected chi connectivity index (χ4v) is 4.07. The van der Waals surface area contributed by atoms with Crippen molar-refractivity contribution in [1.29, 1.82) is 0 Å². The van der Waals surface area contributed by atoms with Gasteiger partial charge in [-0.3, -0.25) is 4.79 Å². The molecule has 1 fully saturated rings. The number of aromatic nitrogens is 2. The minimum atomic E-state index is 0.0136. The second-order valence-corrected chi connectivity index (χ2v) is 7.42. The Balaban J connectivity index is 1.37. The number of aryl methyl sites for hydroxylation is 1. The number of imidazole rings is 1. The molecule has 0 saturated carbocycles. The van der Waals surface area contributed by atoms with Crippen LogP contribution in [0.2, 0.25) is 5.02 Å². The summed E-state index contributed by atoms with van der Waals surface area (Å²) in [7, 11) is 1.66. The molecule has 2 atom stereocenters. The summed E-state index contributed by atoms with van der Waals surface area (Å²) in [6, 6.07) is 5.78. The van der Waals surface area contributed by atoms with Crippen LogP contribution in [0.1, 0.15) is 18.7 Å². The van der Waals surface area contributed by atoms with Crippen molar-refractivity contribution in [3.63, 3.8) is 0 Å². The number of nitrogens with one attached hydrogen (secondary N) is 1. The molecule has 6 nitrogen and oxygen atoms in total. The summed E-state index contributed by atoms with van der Waals surface area (Å²) in [4.78, 5) is 19.3. The maximum absolute atomic E-state index is 12.7. The van der Waals surface area contributed by atoms with E-state index in [0.717, 1.165) is 56.2 Å². The van der Waals surface area contributed by atoms with Crippen LogP contribution in [0.25, 0.3) is 0 Å². The van der Waals surface area contributed by atoms with Crippen molar-refractivity contribution in [3.8, 4) is 5.75 Å². The zero-order chi connectivity index (χ0) is 18.1. The van der Waals surface area contributed by atoms with Crippen molar-refractivity contribution < 1.29 is 9.53 Å². The van der Waals surface area contributed by atoms with Gasteiger partial charge >= 0.3 is 0 Å². The Morgan fingerprint density at radius 3 is 3.08 bits per heavy atom. The molecule has 2 aromatic rings. The maximum atomic E-state index is 12.7. The first-order valence-corrected chi connectivity index (χ1v) is 9.40. The standard InChI is InChI=1S/C19H23ClN4O2/c1-26-17-3-2-14(20)11-16(17)24-8-5-15(12-24)22-19(25)13-4-7-23-9-6-21-18(23)10-13/h2-3,6,9,11,13,15H,4-5,7-8,10,12H2,1H3,(H,22,25). The topological polar surface area (TPSA) is 59.4 Å². The first-order valence-electron chi connectivity index (χ1n) is 9.03. The number of carbonyl (C=O) groups excluding carboxylic acids is 1. The Morgan fingerprint density at radius 1 is 1.35 bits per heavy atom. The molecule has 0 aliphatic carbocycles. The van der Waals surface area contributed by atoms with Crippen LogP contribution < -0.4 is 15.0 Å². The number of anilines is 1. The Kier molecular flexibility index (Phi) is 4.76. The molecule has 1 saturated heterocycles. The van der Waals surface area contributed by atoms with Gasteiger partial charge in [-0.1, -0.05) is 11.6 Å². The van der Waals surface area contributed by atoms with Crippen molar-refractivity contribution in [3.05, 3.63) is 41.4 Å². The third-order valence-corrected chi connectivity index (χ3v) is 5.57. The van der Waals surface area contributed by atoms with E-state index in [1.165, 1.54) is 0 Å². The summed E-state index contributed by atoms with van der Waals surface area (Å²) >= 11 is 6.15. The molecule has 138 valence electrons. The van der Waals surface area contributed by atoms with Gasteiger partial charge < -0.3 is 19.5 Å². The van der Waals surface area contributed by atoms with Gasteiger partial charge in [0.15, 0.2) is 0 Å². The molecule has 1 amide bonds. The Bertz CT molecular complexity index is 807. The van der Waals surface area contributed by atoms with Gasteiger partial charge in [-0.05, 0) is 31.0 Å². The third kappa shape index (κ3) is 3.38. The van der Waals surface area contributed by atoms with Crippen LogP contribution in [-0.4, -0.2) is 41.7 Å². The summed E-state index contributed by atoms with van der Waals surface area (Å²) in [6.07, 6.45) is 6.30. The first-order chi connectivity index (χ1) is 12.6. The molecule has 1 N–H and O–H groups in total. The number of amides is 1. The van der Waals surface area contributed by atoms with E-state index in [4.69, 9.17) is 16.3 Å². The van der Waals surface area contributed by atoms with Gasteiger partial charge in [-0.25, -0.2) is 4.98 Å². The first kappa shape index (κ1) is 17.2. The van der Waals surface area contributed by atoms with Gasteiger partial charge in [-0.15, -0.1) is 0 Å². The predicted octanol–water partition coefficient (Wildman–Crippen LogP) is 2.50. The molecular formula is C19H23ClN4O2. The number of methoxy groups -OCH3 is 1. The van der Waals surface area contributed by atoms with Crippen molar-refractivity contribution in [1.82, 2.24) is 14.9 Å². The number of nitrogens with zero attached hydrogens (tertiary/aromatic N) is 3. The molecule has 2 aliphatic heterocycles. The van der Waals surface area contributed by atoms with Crippen LogP contribution in [0.15, 0.2) is 30.6 Å². The van der Waals surface area contributed by atoms with Crippen molar-refractivity contribution in [2.75, 3.05) is 25.1 Å². The smallest absolute Gasteiger partial charge is 0.223 e. The van der Waals surface area contributed by atoms with Gasteiger partial charge in [0.05, 0.1) is 12.8 Å². The van der Waals surface area contributed by atoms with Crippen LogP contribution >= 0.6 is 11.6 Å². The summed E-state index contributed by atoms with van der Waals surface area (Å²) in [6.45, 7) is 2.50. The Morgan fingerprint density at radius 2 is 2.23 bits per heavy atom. The molecule has 1 aromatic carbocycles. The lowest BCUT2D eigenvalue weighted by Crippen LogP contribution is -2.42. The zero-order valence-corrected chi connectivity index (χ0v) is 15.6. The third-order valence-electron chi connectivity index (χ3n) is 5.34. The van der Waals surface area contributed by atoms with Crippen molar-refractivity contribution >= 4 is 23.2 Å². The number of ether oxygens (including phenoxy) is 1. The average Bonchev–Trinajstić information content (AvgIpc) is 3.30. The number of fused-ring (bicyclic) bond motifs is 1. The number of halogens is 1. The summed E-state index contributed by atoms with van der Waals surface area (Å²) in [5, 5.41) is 3.92. The van der Waals surface area contributed by atoms with Gasteiger partial charge in [0.1, 0.15) is 11.6 Å². The lowest BCUT2D eigenvalue weighted by molar-refractivity contribution is -0.126. The molecule has 7 heteroatoms. The van der Waals surface area contributed by atoms with E-state index in [9.17, 15) is 4.79 Å². The van der Waals surface area contributed by atoms with E-state index in [-0.39, 0.29) is 17.9 Å². The van der Waals surface area contributed by atoms with Crippen LogP contribution in [0.3, 0.4) is 0 Å². The monoisotopic (exact) mass is 374 g/mol. The predicted molar refractivity (Wildman–Crippen MR) is 101 cm³/mol. The fraction of sp³-hybridized carbons (Fsp3) is 0.474. The Labute approximate surface area is 158 Å². The van der Waals surface area contributed by atoms with Crippen LogP contribution in [0.4, 0.5) is 5.69 Å². The summed E-state index contributed by atoms with van der Waals surface area (Å²) in [5.74, 6) is 1.97. The highest BCUT2D eigenvalue weighted by molar-refractivity contribution is 6.30. The van der Waals surface area contributed by atoms with E-state index < -0.39 is 0 Å². The van der Waals surface area contributed by atoms with Crippen LogP contribution in [0, 0.1) is 5.92 Å². The van der Waals surface area contributed by atoms with Gasteiger partial charge in [0, 0.05) is 55.4 Å². The van der Waals surface area contributed by atoms with Gasteiger partial charge in [0.25, 0.3) is 0 Å². The number of carbonyl (C=O) groups is 1. The SMILES string of the molecule is COc1ccc(Cl)cc1N1CCC(NC(=O)C2CCn3ccnc3C2)C1. The number of hydrogen-bond donors (Lipinski definition) is 1. The lowest BCUT2D eigenvalue weighted by atomic mass is 9.96. The van der Waals surface area contributed by atoms with E-state index >= 15 is 0 Å². The molecule has 0 radical (unpaired) electrons. The number of rotatable bonds is 4.